The summed E-state index contributed by atoms with van der Waals surface area (Å²) in [5.41, 5.74) is 2.94. The van der Waals surface area contributed by atoms with E-state index >= 15 is 4.39 Å². The fourth-order valence-electron chi connectivity index (χ4n) is 6.92. The van der Waals surface area contributed by atoms with E-state index in [0.717, 1.165) is 48.9 Å². The summed E-state index contributed by atoms with van der Waals surface area (Å²) in [4.78, 5) is 12.9. The topological polar surface area (TPSA) is 103 Å². The normalized spacial score (nSPS) is 23.7. The number of anilines is 2. The molecule has 14 heteroatoms. The van der Waals surface area contributed by atoms with Gasteiger partial charge < -0.3 is 20.7 Å². The number of fused-ring (bicyclic) bond motifs is 4. The lowest BCUT2D eigenvalue weighted by atomic mass is 9.92. The molecule has 2 bridgehead atoms. The van der Waals surface area contributed by atoms with Crippen molar-refractivity contribution < 1.29 is 26.7 Å². The average molecular weight is 630 g/mol. The second-order valence-corrected chi connectivity index (χ2v) is 13.0. The van der Waals surface area contributed by atoms with Crippen LogP contribution >= 0.6 is 11.3 Å². The third kappa shape index (κ3) is 4.60. The van der Waals surface area contributed by atoms with Gasteiger partial charge in [0.2, 0.25) is 0 Å². The van der Waals surface area contributed by atoms with Gasteiger partial charge in [-0.05, 0) is 43.5 Å². The van der Waals surface area contributed by atoms with Crippen LogP contribution in [0.15, 0.2) is 18.2 Å². The van der Waals surface area contributed by atoms with E-state index in [1.807, 2.05) is 18.0 Å². The van der Waals surface area contributed by atoms with Crippen LogP contribution in [0.4, 0.5) is 32.8 Å². The highest BCUT2D eigenvalue weighted by molar-refractivity contribution is 7.23. The molecule has 3 N–H and O–H groups in total. The molecule has 3 fully saturated rings. The SMILES string of the molecule is C[C@@H]1CN(C)[C@@H]1COc1nc(N2CC3CCC(C2)N3)c2cc(C(F)(F)F)c(-c3ccc(F)c4sc(N)c(C#N)c34)c(F)c2n1. The summed E-state index contributed by atoms with van der Waals surface area (Å²) in [5, 5.41) is 12.9. The Labute approximate surface area is 253 Å². The fourth-order valence-corrected chi connectivity index (χ4v) is 7.87. The van der Waals surface area contributed by atoms with Gasteiger partial charge >= 0.3 is 12.2 Å². The molecule has 0 radical (unpaired) electrons. The molecule has 0 aliphatic carbocycles. The van der Waals surface area contributed by atoms with Gasteiger partial charge in [0.15, 0.2) is 5.82 Å². The van der Waals surface area contributed by atoms with E-state index in [4.69, 9.17) is 10.5 Å². The Hall–Kier alpha value is -3.80. The van der Waals surface area contributed by atoms with Crippen molar-refractivity contribution in [2.24, 2.45) is 5.92 Å². The summed E-state index contributed by atoms with van der Waals surface area (Å²) in [6.07, 6.45) is -3.19. The molecule has 230 valence electrons. The number of aromatic nitrogens is 2. The molecule has 0 amide bonds. The standard InChI is InChI=1S/C30H28F5N7OS/c1-13-9-41(2)21(13)12-43-29-39-25-17(28(40-29)42-10-14-3-4-15(11-42)38-14)7-19(30(33,34)35)23(24(25)32)16-5-6-20(31)26-22(16)18(8-36)27(37)44-26/h5-7,13-15,21,38H,3-4,9-12,37H2,1-2H3/t13-,14?,15?,21-/m1/s1. The molecule has 5 heterocycles. The molecular formula is C30H28F5N7OS. The van der Waals surface area contributed by atoms with Crippen molar-refractivity contribution in [1.29, 1.82) is 5.26 Å². The van der Waals surface area contributed by atoms with Crippen LogP contribution < -0.4 is 20.7 Å². The first-order valence-electron chi connectivity index (χ1n) is 14.3. The predicted molar refractivity (Wildman–Crippen MR) is 158 cm³/mol. The van der Waals surface area contributed by atoms with Gasteiger partial charge in [-0.15, -0.1) is 11.3 Å². The fraction of sp³-hybridized carbons (Fsp3) is 0.433. The van der Waals surface area contributed by atoms with Crippen LogP contribution in [-0.2, 0) is 6.18 Å². The smallest absolute Gasteiger partial charge is 0.417 e. The molecule has 3 saturated heterocycles. The molecule has 2 unspecified atom stereocenters. The number of nitriles is 1. The molecule has 4 atom stereocenters. The lowest BCUT2D eigenvalue weighted by molar-refractivity contribution is -0.137. The molecule has 3 aliphatic heterocycles. The van der Waals surface area contributed by atoms with Gasteiger partial charge in [0.1, 0.15) is 34.8 Å². The van der Waals surface area contributed by atoms with Crippen LogP contribution in [0.5, 0.6) is 6.01 Å². The Morgan fingerprint density at radius 2 is 1.89 bits per heavy atom. The third-order valence-electron chi connectivity index (χ3n) is 9.09. The largest absolute Gasteiger partial charge is 0.462 e. The second-order valence-electron chi connectivity index (χ2n) is 11.9. The van der Waals surface area contributed by atoms with Gasteiger partial charge in [-0.25, -0.2) is 8.78 Å². The minimum atomic E-state index is -5.01. The van der Waals surface area contributed by atoms with Crippen molar-refractivity contribution in [3.8, 4) is 23.2 Å². The van der Waals surface area contributed by atoms with Crippen LogP contribution in [0.2, 0.25) is 0 Å². The summed E-state index contributed by atoms with van der Waals surface area (Å²) < 4.78 is 81.9. The first-order valence-corrected chi connectivity index (χ1v) is 15.1. The number of hydrogen-bond donors (Lipinski definition) is 2. The number of rotatable bonds is 5. The summed E-state index contributed by atoms with van der Waals surface area (Å²) in [5.74, 6) is -1.52. The van der Waals surface area contributed by atoms with Gasteiger partial charge in [-0.3, -0.25) is 4.90 Å². The maximum atomic E-state index is 16.8. The van der Waals surface area contributed by atoms with E-state index in [0.29, 0.717) is 19.0 Å². The number of piperazine rings is 1. The van der Waals surface area contributed by atoms with Crippen LogP contribution in [0.1, 0.15) is 30.9 Å². The lowest BCUT2D eigenvalue weighted by Crippen LogP contribution is -2.55. The maximum Gasteiger partial charge on any atom is 0.417 e. The number of benzene rings is 2. The van der Waals surface area contributed by atoms with Crippen molar-refractivity contribution in [3.63, 3.8) is 0 Å². The number of hydrogen-bond acceptors (Lipinski definition) is 9. The van der Waals surface area contributed by atoms with Crippen molar-refractivity contribution in [1.82, 2.24) is 20.2 Å². The van der Waals surface area contributed by atoms with Crippen LogP contribution in [0.25, 0.3) is 32.1 Å². The minimum absolute atomic E-state index is 0.0765. The number of likely N-dealkylation sites (tertiary alicyclic amines) is 1. The quantitative estimate of drug-likeness (QED) is 0.278. The van der Waals surface area contributed by atoms with E-state index in [-0.39, 0.29) is 73.7 Å². The van der Waals surface area contributed by atoms with E-state index in [2.05, 4.69) is 27.1 Å². The zero-order chi connectivity index (χ0) is 31.1. The number of nitrogens with two attached hydrogens (primary N) is 1. The van der Waals surface area contributed by atoms with Gasteiger partial charge in [0.25, 0.3) is 0 Å². The zero-order valence-corrected chi connectivity index (χ0v) is 24.6. The molecule has 44 heavy (non-hydrogen) atoms. The predicted octanol–water partition coefficient (Wildman–Crippen LogP) is 5.53. The van der Waals surface area contributed by atoms with Crippen LogP contribution in [-0.4, -0.2) is 66.3 Å². The van der Waals surface area contributed by atoms with Gasteiger partial charge in [-0.1, -0.05) is 13.0 Å². The third-order valence-corrected chi connectivity index (χ3v) is 10.1. The highest BCUT2D eigenvalue weighted by Gasteiger charge is 2.40. The highest BCUT2D eigenvalue weighted by atomic mass is 32.1. The molecule has 3 aliphatic rings. The van der Waals surface area contributed by atoms with Gasteiger partial charge in [-0.2, -0.15) is 28.4 Å². The Kier molecular flexibility index (Phi) is 6.83. The van der Waals surface area contributed by atoms with Crippen molar-refractivity contribution in [3.05, 3.63) is 41.0 Å². The van der Waals surface area contributed by atoms with Gasteiger partial charge in [0, 0.05) is 54.1 Å². The van der Waals surface area contributed by atoms with E-state index in [1.165, 1.54) is 0 Å². The molecule has 2 aromatic heterocycles. The Bertz CT molecular complexity index is 1830. The number of ether oxygens (including phenoxy) is 1. The van der Waals surface area contributed by atoms with E-state index < -0.39 is 28.9 Å². The van der Waals surface area contributed by atoms with Crippen LogP contribution in [0, 0.1) is 28.9 Å². The number of nitrogens with zero attached hydrogens (tertiary/aromatic N) is 5. The average Bonchev–Trinajstić information content (AvgIpc) is 3.50. The molecule has 4 aromatic rings. The summed E-state index contributed by atoms with van der Waals surface area (Å²) >= 11 is 0.723. The van der Waals surface area contributed by atoms with Crippen LogP contribution in [0.3, 0.4) is 0 Å². The van der Waals surface area contributed by atoms with E-state index in [9.17, 15) is 22.8 Å². The first-order chi connectivity index (χ1) is 20.9. The molecule has 0 saturated carbocycles. The lowest BCUT2D eigenvalue weighted by Gasteiger charge is -2.43. The molecule has 8 nitrogen and oxygen atoms in total. The highest BCUT2D eigenvalue weighted by Crippen LogP contribution is 2.48. The molecule has 0 spiro atoms. The maximum absolute atomic E-state index is 16.8. The molecule has 7 rings (SSSR count). The number of nitrogen functional groups attached to an aromatic ring is 1. The molecule has 2 aromatic carbocycles. The number of nitrogens with one attached hydrogen (secondary N) is 1. The molecular weight excluding hydrogens is 601 g/mol. The van der Waals surface area contributed by atoms with Crippen molar-refractivity contribution >= 4 is 43.1 Å². The first kappa shape index (κ1) is 28.9. The minimum Gasteiger partial charge on any atom is -0.462 e. The zero-order valence-electron chi connectivity index (χ0n) is 23.8. The second kappa shape index (κ2) is 10.4. The summed E-state index contributed by atoms with van der Waals surface area (Å²) in [6.45, 7) is 4.16. The number of halogens is 5. The summed E-state index contributed by atoms with van der Waals surface area (Å²) in [6, 6.07) is 4.89. The van der Waals surface area contributed by atoms with Crippen molar-refractivity contribution in [2.75, 3.05) is 43.9 Å². The Balaban J connectivity index is 1.48. The van der Waals surface area contributed by atoms with Gasteiger partial charge in [0.05, 0.1) is 15.8 Å². The number of alkyl halides is 3. The number of thiophene rings is 1. The van der Waals surface area contributed by atoms with Crippen molar-refractivity contribution in [2.45, 2.75) is 44.1 Å². The number of likely N-dealkylation sites (N-methyl/N-ethyl adjacent to an activating group) is 1. The Morgan fingerprint density at radius 1 is 1.16 bits per heavy atom. The summed E-state index contributed by atoms with van der Waals surface area (Å²) in [7, 11) is 1.96. The van der Waals surface area contributed by atoms with E-state index in [1.54, 1.807) is 0 Å². The monoisotopic (exact) mass is 629 g/mol. The Morgan fingerprint density at radius 3 is 2.52 bits per heavy atom.